The third-order valence-electron chi connectivity index (χ3n) is 1.94. The van der Waals surface area contributed by atoms with Crippen LogP contribution in [0.4, 0.5) is 4.39 Å². The normalized spacial score (nSPS) is 39.6. The average Bonchev–Trinajstić information content (AvgIpc) is 1.96. The van der Waals surface area contributed by atoms with E-state index in [0.717, 1.165) is 5.57 Å². The summed E-state index contributed by atoms with van der Waals surface area (Å²) in [7, 11) is 0. The van der Waals surface area contributed by atoms with Crippen LogP contribution in [0.1, 0.15) is 20.8 Å². The molecule has 0 aliphatic heterocycles. The SMILES string of the molecule is CC1=CC(C)(F)C=CC(C)(O)C=C1. The Labute approximate surface area is 78.3 Å². The van der Waals surface area contributed by atoms with Crippen molar-refractivity contribution in [3.8, 4) is 0 Å². The minimum atomic E-state index is -1.47. The summed E-state index contributed by atoms with van der Waals surface area (Å²) in [6.07, 6.45) is 7.73. The average molecular weight is 182 g/mol. The van der Waals surface area contributed by atoms with Crippen molar-refractivity contribution < 1.29 is 9.50 Å². The Balaban J connectivity index is 3.10. The molecule has 0 aromatic carbocycles. The molecule has 0 amide bonds. The predicted octanol–water partition coefficient (Wildman–Crippen LogP) is 2.54. The van der Waals surface area contributed by atoms with Gasteiger partial charge in [0.2, 0.25) is 0 Å². The summed E-state index contributed by atoms with van der Waals surface area (Å²) >= 11 is 0. The molecule has 72 valence electrons. The number of alkyl halides is 1. The van der Waals surface area contributed by atoms with E-state index in [4.69, 9.17) is 0 Å². The summed E-state index contributed by atoms with van der Waals surface area (Å²) < 4.78 is 13.6. The minimum Gasteiger partial charge on any atom is -0.382 e. The van der Waals surface area contributed by atoms with E-state index in [0.29, 0.717) is 0 Å². The van der Waals surface area contributed by atoms with Gasteiger partial charge in [-0.25, -0.2) is 4.39 Å². The van der Waals surface area contributed by atoms with Crippen LogP contribution in [0.25, 0.3) is 0 Å². The second-order valence-electron chi connectivity index (χ2n) is 3.93. The van der Waals surface area contributed by atoms with Gasteiger partial charge < -0.3 is 5.11 Å². The molecule has 0 aromatic rings. The number of halogens is 1. The molecular weight excluding hydrogens is 167 g/mol. The van der Waals surface area contributed by atoms with Crippen molar-refractivity contribution in [3.05, 3.63) is 36.0 Å². The Morgan fingerprint density at radius 2 is 1.85 bits per heavy atom. The van der Waals surface area contributed by atoms with Crippen LogP contribution >= 0.6 is 0 Å². The Bertz CT molecular complexity index is 282. The summed E-state index contributed by atoms with van der Waals surface area (Å²) in [5, 5.41) is 9.66. The first-order valence-electron chi connectivity index (χ1n) is 4.31. The van der Waals surface area contributed by atoms with Crippen molar-refractivity contribution in [3.63, 3.8) is 0 Å². The highest BCUT2D eigenvalue weighted by molar-refractivity contribution is 5.31. The molecule has 0 heterocycles. The molecular formula is C11H15FO. The van der Waals surface area contributed by atoms with Gasteiger partial charge >= 0.3 is 0 Å². The Morgan fingerprint density at radius 3 is 2.46 bits per heavy atom. The molecule has 2 heteroatoms. The van der Waals surface area contributed by atoms with Gasteiger partial charge in [-0.3, -0.25) is 0 Å². The van der Waals surface area contributed by atoms with E-state index in [1.165, 1.54) is 25.2 Å². The zero-order valence-electron chi connectivity index (χ0n) is 8.21. The van der Waals surface area contributed by atoms with Crippen molar-refractivity contribution in [2.45, 2.75) is 32.0 Å². The molecule has 0 bridgehead atoms. The van der Waals surface area contributed by atoms with E-state index in [9.17, 15) is 9.50 Å². The molecule has 0 spiro atoms. The molecule has 0 saturated carbocycles. The highest BCUT2D eigenvalue weighted by atomic mass is 19.1. The highest BCUT2D eigenvalue weighted by Gasteiger charge is 2.21. The maximum Gasteiger partial charge on any atom is 0.145 e. The lowest BCUT2D eigenvalue weighted by molar-refractivity contribution is 0.161. The third-order valence-corrected chi connectivity index (χ3v) is 1.94. The molecule has 2 atom stereocenters. The van der Waals surface area contributed by atoms with E-state index < -0.39 is 11.3 Å². The van der Waals surface area contributed by atoms with E-state index in [2.05, 4.69) is 0 Å². The molecule has 1 nitrogen and oxygen atoms in total. The first kappa shape index (κ1) is 10.2. The van der Waals surface area contributed by atoms with Crippen LogP contribution in [0.2, 0.25) is 0 Å². The fourth-order valence-electron chi connectivity index (χ4n) is 1.23. The van der Waals surface area contributed by atoms with E-state index in [1.54, 1.807) is 19.1 Å². The molecule has 0 saturated heterocycles. The highest BCUT2D eigenvalue weighted by Crippen LogP contribution is 2.22. The quantitative estimate of drug-likeness (QED) is 0.571. The standard InChI is InChI=1S/C11H15FO/c1-9-4-5-11(3,13)7-6-10(2,12)8-9/h4-8,13H,1-3H3. The van der Waals surface area contributed by atoms with Crippen LogP contribution in [-0.4, -0.2) is 16.4 Å². The largest absolute Gasteiger partial charge is 0.382 e. The number of hydrogen-bond acceptors (Lipinski definition) is 1. The van der Waals surface area contributed by atoms with Gasteiger partial charge in [0.1, 0.15) is 5.67 Å². The topological polar surface area (TPSA) is 20.2 Å². The van der Waals surface area contributed by atoms with Gasteiger partial charge in [0.25, 0.3) is 0 Å². The lowest BCUT2D eigenvalue weighted by Gasteiger charge is -2.19. The predicted molar refractivity (Wildman–Crippen MR) is 52.2 cm³/mol. The smallest absolute Gasteiger partial charge is 0.145 e. The van der Waals surface area contributed by atoms with Gasteiger partial charge in [-0.1, -0.05) is 17.7 Å². The van der Waals surface area contributed by atoms with E-state index in [1.807, 2.05) is 6.92 Å². The van der Waals surface area contributed by atoms with Crippen molar-refractivity contribution in [2.75, 3.05) is 0 Å². The second-order valence-corrected chi connectivity index (χ2v) is 3.93. The Morgan fingerprint density at radius 1 is 1.23 bits per heavy atom. The summed E-state index contributed by atoms with van der Waals surface area (Å²) in [5.41, 5.74) is -1.71. The number of hydrogen-bond donors (Lipinski definition) is 1. The van der Waals surface area contributed by atoms with Crippen molar-refractivity contribution >= 4 is 0 Å². The molecule has 1 rings (SSSR count). The zero-order chi connectivity index (χ0) is 10.1. The molecule has 0 fully saturated rings. The Hall–Kier alpha value is -0.890. The van der Waals surface area contributed by atoms with E-state index in [-0.39, 0.29) is 0 Å². The number of allylic oxidation sites excluding steroid dienone is 4. The number of rotatable bonds is 0. The monoisotopic (exact) mass is 182 g/mol. The van der Waals surface area contributed by atoms with Gasteiger partial charge in [-0.15, -0.1) is 0 Å². The molecule has 2 unspecified atom stereocenters. The van der Waals surface area contributed by atoms with Crippen LogP contribution in [0.3, 0.4) is 0 Å². The van der Waals surface area contributed by atoms with Gasteiger partial charge in [-0.05, 0) is 39.0 Å². The van der Waals surface area contributed by atoms with Crippen LogP contribution in [-0.2, 0) is 0 Å². The summed E-state index contributed by atoms with van der Waals surface area (Å²) in [4.78, 5) is 0. The molecule has 1 aliphatic carbocycles. The molecule has 0 radical (unpaired) electrons. The van der Waals surface area contributed by atoms with Crippen LogP contribution in [0.5, 0.6) is 0 Å². The fourth-order valence-corrected chi connectivity index (χ4v) is 1.23. The zero-order valence-corrected chi connectivity index (χ0v) is 8.21. The summed E-state index contributed by atoms with van der Waals surface area (Å²) in [6.45, 7) is 4.89. The second kappa shape index (κ2) is 3.11. The first-order valence-corrected chi connectivity index (χ1v) is 4.31. The molecule has 13 heavy (non-hydrogen) atoms. The molecule has 1 aliphatic rings. The van der Waals surface area contributed by atoms with Gasteiger partial charge in [0, 0.05) is 0 Å². The molecule has 1 N–H and O–H groups in total. The van der Waals surface area contributed by atoms with Gasteiger partial charge in [0.15, 0.2) is 0 Å². The fraction of sp³-hybridized carbons (Fsp3) is 0.455. The summed E-state index contributed by atoms with van der Waals surface area (Å²) in [5.74, 6) is 0. The van der Waals surface area contributed by atoms with Crippen molar-refractivity contribution in [1.82, 2.24) is 0 Å². The van der Waals surface area contributed by atoms with Crippen LogP contribution in [0.15, 0.2) is 36.0 Å². The lowest BCUT2D eigenvalue weighted by atomic mass is 9.95. The van der Waals surface area contributed by atoms with E-state index >= 15 is 0 Å². The summed E-state index contributed by atoms with van der Waals surface area (Å²) in [6, 6.07) is 0. The Kier molecular flexibility index (Phi) is 2.44. The van der Waals surface area contributed by atoms with Gasteiger partial charge in [-0.2, -0.15) is 0 Å². The first-order chi connectivity index (χ1) is 5.81. The van der Waals surface area contributed by atoms with Crippen LogP contribution in [0, 0.1) is 0 Å². The maximum absolute atomic E-state index is 13.6. The molecule has 0 aromatic heterocycles. The van der Waals surface area contributed by atoms with Crippen molar-refractivity contribution in [2.24, 2.45) is 0 Å². The van der Waals surface area contributed by atoms with Crippen LogP contribution < -0.4 is 0 Å². The minimum absolute atomic E-state index is 0.814. The maximum atomic E-state index is 13.6. The van der Waals surface area contributed by atoms with Crippen molar-refractivity contribution in [1.29, 1.82) is 0 Å². The number of aliphatic hydroxyl groups is 1. The van der Waals surface area contributed by atoms with Gasteiger partial charge in [0.05, 0.1) is 5.60 Å². The lowest BCUT2D eigenvalue weighted by Crippen LogP contribution is -2.21. The third kappa shape index (κ3) is 3.15.